The standard InChI is InChI=1S/C12H23N3O3/c1-8(2)17-7-10(13)12-14-11(18-15-12)5-9(3)6-16-4/h8-10H,5-7,13H2,1-4H3. The van der Waals surface area contributed by atoms with Gasteiger partial charge in [-0.1, -0.05) is 12.1 Å². The van der Waals surface area contributed by atoms with Gasteiger partial charge in [0.2, 0.25) is 5.89 Å². The quantitative estimate of drug-likeness (QED) is 0.756. The van der Waals surface area contributed by atoms with Gasteiger partial charge in [-0.25, -0.2) is 0 Å². The summed E-state index contributed by atoms with van der Waals surface area (Å²) in [6, 6.07) is -0.345. The molecule has 0 aliphatic heterocycles. The van der Waals surface area contributed by atoms with E-state index < -0.39 is 0 Å². The van der Waals surface area contributed by atoms with Gasteiger partial charge in [-0.3, -0.25) is 0 Å². The summed E-state index contributed by atoms with van der Waals surface area (Å²) in [5.41, 5.74) is 5.91. The minimum atomic E-state index is -0.345. The van der Waals surface area contributed by atoms with Crippen molar-refractivity contribution < 1.29 is 14.0 Å². The Labute approximate surface area is 108 Å². The molecule has 0 bridgehead atoms. The molecule has 1 heterocycles. The zero-order valence-electron chi connectivity index (χ0n) is 11.5. The van der Waals surface area contributed by atoms with Crippen LogP contribution in [-0.2, 0) is 15.9 Å². The average Bonchev–Trinajstić information content (AvgIpc) is 2.74. The van der Waals surface area contributed by atoms with E-state index in [2.05, 4.69) is 17.1 Å². The number of hydrogen-bond donors (Lipinski definition) is 1. The lowest BCUT2D eigenvalue weighted by atomic mass is 10.1. The maximum absolute atomic E-state index is 5.91. The third kappa shape index (κ3) is 5.12. The lowest BCUT2D eigenvalue weighted by molar-refractivity contribution is 0.0665. The fraction of sp³-hybridized carbons (Fsp3) is 0.833. The highest BCUT2D eigenvalue weighted by molar-refractivity contribution is 4.93. The smallest absolute Gasteiger partial charge is 0.227 e. The Bertz CT molecular complexity index is 341. The van der Waals surface area contributed by atoms with Gasteiger partial charge in [0.1, 0.15) is 0 Å². The van der Waals surface area contributed by atoms with Crippen LogP contribution in [0.3, 0.4) is 0 Å². The topological polar surface area (TPSA) is 83.4 Å². The third-order valence-corrected chi connectivity index (χ3v) is 2.40. The molecule has 0 saturated carbocycles. The van der Waals surface area contributed by atoms with E-state index in [4.69, 9.17) is 19.7 Å². The fourth-order valence-corrected chi connectivity index (χ4v) is 1.51. The van der Waals surface area contributed by atoms with E-state index in [-0.39, 0.29) is 12.1 Å². The molecule has 1 aromatic rings. The number of nitrogens with two attached hydrogens (primary N) is 1. The Morgan fingerprint density at radius 2 is 2.00 bits per heavy atom. The zero-order valence-corrected chi connectivity index (χ0v) is 11.5. The van der Waals surface area contributed by atoms with Gasteiger partial charge in [0.25, 0.3) is 0 Å². The van der Waals surface area contributed by atoms with Crippen molar-refractivity contribution in [3.8, 4) is 0 Å². The van der Waals surface area contributed by atoms with E-state index in [9.17, 15) is 0 Å². The van der Waals surface area contributed by atoms with E-state index in [1.54, 1.807) is 7.11 Å². The first-order valence-electron chi connectivity index (χ1n) is 6.21. The summed E-state index contributed by atoms with van der Waals surface area (Å²) in [5, 5.41) is 3.88. The molecule has 0 aliphatic rings. The molecule has 6 heteroatoms. The van der Waals surface area contributed by atoms with Gasteiger partial charge in [0.15, 0.2) is 5.82 Å². The molecule has 2 atom stereocenters. The molecule has 2 N–H and O–H groups in total. The molecule has 0 saturated heterocycles. The van der Waals surface area contributed by atoms with Crippen molar-refractivity contribution in [2.75, 3.05) is 20.3 Å². The number of aromatic nitrogens is 2. The van der Waals surface area contributed by atoms with Crippen molar-refractivity contribution in [3.63, 3.8) is 0 Å². The van der Waals surface area contributed by atoms with Gasteiger partial charge in [-0.05, 0) is 19.8 Å². The van der Waals surface area contributed by atoms with Gasteiger partial charge in [-0.15, -0.1) is 0 Å². The Hall–Kier alpha value is -0.980. The van der Waals surface area contributed by atoms with E-state index in [0.29, 0.717) is 37.3 Å². The minimum absolute atomic E-state index is 0.143. The number of nitrogens with zero attached hydrogens (tertiary/aromatic N) is 2. The van der Waals surface area contributed by atoms with E-state index in [1.165, 1.54) is 0 Å². The highest BCUT2D eigenvalue weighted by Crippen LogP contribution is 2.11. The van der Waals surface area contributed by atoms with Crippen molar-refractivity contribution in [2.45, 2.75) is 39.3 Å². The number of hydrogen-bond acceptors (Lipinski definition) is 6. The van der Waals surface area contributed by atoms with Crippen LogP contribution in [0, 0.1) is 5.92 Å². The maximum atomic E-state index is 5.91. The van der Waals surface area contributed by atoms with Gasteiger partial charge in [0, 0.05) is 20.1 Å². The third-order valence-electron chi connectivity index (χ3n) is 2.40. The van der Waals surface area contributed by atoms with Crippen LogP contribution in [0.1, 0.15) is 38.5 Å². The number of rotatable bonds is 8. The van der Waals surface area contributed by atoms with Crippen LogP contribution in [0.2, 0.25) is 0 Å². The molecule has 0 spiro atoms. The zero-order chi connectivity index (χ0) is 13.5. The Morgan fingerprint density at radius 3 is 2.61 bits per heavy atom. The van der Waals surface area contributed by atoms with Crippen LogP contribution in [0.25, 0.3) is 0 Å². The van der Waals surface area contributed by atoms with Crippen molar-refractivity contribution in [1.82, 2.24) is 10.1 Å². The molecule has 2 unspecified atom stereocenters. The first-order chi connectivity index (χ1) is 8.52. The molecule has 0 amide bonds. The van der Waals surface area contributed by atoms with Crippen molar-refractivity contribution in [1.29, 1.82) is 0 Å². The molecule has 0 radical (unpaired) electrons. The Morgan fingerprint density at radius 1 is 1.28 bits per heavy atom. The molecule has 18 heavy (non-hydrogen) atoms. The van der Waals surface area contributed by atoms with E-state index in [0.717, 1.165) is 0 Å². The van der Waals surface area contributed by atoms with E-state index in [1.807, 2.05) is 13.8 Å². The fourth-order valence-electron chi connectivity index (χ4n) is 1.51. The van der Waals surface area contributed by atoms with Crippen LogP contribution in [0.5, 0.6) is 0 Å². The molecular formula is C12H23N3O3. The van der Waals surface area contributed by atoms with Gasteiger partial charge in [-0.2, -0.15) is 4.98 Å². The molecule has 1 rings (SSSR count). The van der Waals surface area contributed by atoms with Crippen LogP contribution in [0.4, 0.5) is 0 Å². The maximum Gasteiger partial charge on any atom is 0.227 e. The van der Waals surface area contributed by atoms with Gasteiger partial charge < -0.3 is 19.7 Å². The summed E-state index contributed by atoms with van der Waals surface area (Å²) in [6.45, 7) is 7.04. The normalized spacial score (nSPS) is 15.0. The predicted octanol–water partition coefficient (Wildman–Crippen LogP) is 1.32. The molecule has 104 valence electrons. The SMILES string of the molecule is COCC(C)Cc1nc(C(N)COC(C)C)no1. The first kappa shape index (κ1) is 15.1. The van der Waals surface area contributed by atoms with Crippen LogP contribution < -0.4 is 5.73 Å². The predicted molar refractivity (Wildman–Crippen MR) is 67.1 cm³/mol. The number of ether oxygens (including phenoxy) is 2. The Kier molecular flexibility index (Phi) is 6.24. The summed E-state index contributed by atoms with van der Waals surface area (Å²) in [4.78, 5) is 4.27. The van der Waals surface area contributed by atoms with E-state index >= 15 is 0 Å². The van der Waals surface area contributed by atoms with Crippen LogP contribution in [-0.4, -0.2) is 36.6 Å². The lowest BCUT2D eigenvalue weighted by Crippen LogP contribution is -2.20. The molecule has 0 aromatic carbocycles. The second-order valence-corrected chi connectivity index (χ2v) is 4.80. The lowest BCUT2D eigenvalue weighted by Gasteiger charge is -2.10. The van der Waals surface area contributed by atoms with Gasteiger partial charge >= 0.3 is 0 Å². The van der Waals surface area contributed by atoms with Crippen molar-refractivity contribution >= 4 is 0 Å². The van der Waals surface area contributed by atoms with Gasteiger partial charge in [0.05, 0.1) is 18.8 Å². The summed E-state index contributed by atoms with van der Waals surface area (Å²) < 4.78 is 15.6. The second kappa shape index (κ2) is 7.45. The monoisotopic (exact) mass is 257 g/mol. The molecule has 0 fully saturated rings. The second-order valence-electron chi connectivity index (χ2n) is 4.80. The van der Waals surface area contributed by atoms with Crippen LogP contribution >= 0.6 is 0 Å². The number of methoxy groups -OCH3 is 1. The first-order valence-corrected chi connectivity index (χ1v) is 6.21. The molecular weight excluding hydrogens is 234 g/mol. The highest BCUT2D eigenvalue weighted by Gasteiger charge is 2.16. The highest BCUT2D eigenvalue weighted by atomic mass is 16.5. The van der Waals surface area contributed by atoms with Crippen molar-refractivity contribution in [3.05, 3.63) is 11.7 Å². The van der Waals surface area contributed by atoms with Crippen LogP contribution in [0.15, 0.2) is 4.52 Å². The molecule has 1 aromatic heterocycles. The molecule has 6 nitrogen and oxygen atoms in total. The summed E-state index contributed by atoms with van der Waals surface area (Å²) in [5.74, 6) is 1.43. The summed E-state index contributed by atoms with van der Waals surface area (Å²) in [7, 11) is 1.68. The minimum Gasteiger partial charge on any atom is -0.384 e. The average molecular weight is 257 g/mol. The Balaban J connectivity index is 2.46. The summed E-state index contributed by atoms with van der Waals surface area (Å²) >= 11 is 0. The summed E-state index contributed by atoms with van der Waals surface area (Å²) in [6.07, 6.45) is 0.836. The largest absolute Gasteiger partial charge is 0.384 e. The van der Waals surface area contributed by atoms with Crippen molar-refractivity contribution in [2.24, 2.45) is 11.7 Å². The molecule has 0 aliphatic carbocycles.